The van der Waals surface area contributed by atoms with Crippen LogP contribution >= 0.6 is 0 Å². The third kappa shape index (κ3) is 7.49. The van der Waals surface area contributed by atoms with E-state index in [9.17, 15) is 23.1 Å². The van der Waals surface area contributed by atoms with Crippen molar-refractivity contribution in [3.63, 3.8) is 0 Å². The van der Waals surface area contributed by atoms with E-state index in [0.717, 1.165) is 6.07 Å². The summed E-state index contributed by atoms with van der Waals surface area (Å²) in [5.74, 6) is -0.215. The number of carbonyl (C=O) groups is 1. The van der Waals surface area contributed by atoms with Crippen LogP contribution in [0.15, 0.2) is 30.5 Å². The molecule has 1 aromatic heterocycles. The van der Waals surface area contributed by atoms with Crippen LogP contribution in [0.2, 0.25) is 0 Å². The van der Waals surface area contributed by atoms with Crippen LogP contribution in [0.25, 0.3) is 0 Å². The number of rotatable bonds is 6. The number of halogens is 3. The predicted molar refractivity (Wildman–Crippen MR) is 123 cm³/mol. The second-order valence-corrected chi connectivity index (χ2v) is 9.33. The molecule has 0 radical (unpaired) electrons. The molecular formula is C24H34F3N5O3. The van der Waals surface area contributed by atoms with Crippen molar-refractivity contribution in [2.24, 2.45) is 5.92 Å². The maximum absolute atomic E-state index is 13.5. The number of likely N-dealkylation sites (N-methyl/N-ethyl adjacent to an activating group) is 1. The van der Waals surface area contributed by atoms with Gasteiger partial charge in [-0.1, -0.05) is 30.3 Å². The molecule has 2 aromatic rings. The number of hydrogen-bond acceptors (Lipinski definition) is 6. The monoisotopic (exact) mass is 497 g/mol. The fraction of sp³-hybridized carbons (Fsp3) is 0.625. The van der Waals surface area contributed by atoms with Gasteiger partial charge in [-0.25, -0.2) is 0 Å². The van der Waals surface area contributed by atoms with E-state index in [-0.39, 0.29) is 43.2 Å². The van der Waals surface area contributed by atoms with Crippen molar-refractivity contribution in [2.45, 2.75) is 64.7 Å². The topological polar surface area (TPSA) is 83.7 Å². The molecular weight excluding hydrogens is 463 g/mol. The van der Waals surface area contributed by atoms with Gasteiger partial charge in [0.15, 0.2) is 0 Å². The predicted octanol–water partition coefficient (Wildman–Crippen LogP) is 2.95. The molecule has 1 aromatic carbocycles. The third-order valence-corrected chi connectivity index (χ3v) is 6.30. The van der Waals surface area contributed by atoms with Crippen LogP contribution in [0.5, 0.6) is 0 Å². The number of aryl methyl sites for hydroxylation is 1. The zero-order valence-corrected chi connectivity index (χ0v) is 20.4. The van der Waals surface area contributed by atoms with Crippen molar-refractivity contribution < 1.29 is 27.8 Å². The number of benzene rings is 1. The summed E-state index contributed by atoms with van der Waals surface area (Å²) < 4.78 is 48.2. The summed E-state index contributed by atoms with van der Waals surface area (Å²) in [4.78, 5) is 16.4. The lowest BCUT2D eigenvalue weighted by Crippen LogP contribution is -2.47. The van der Waals surface area contributed by atoms with Crippen molar-refractivity contribution >= 4 is 5.91 Å². The van der Waals surface area contributed by atoms with Crippen molar-refractivity contribution in [3.05, 3.63) is 47.3 Å². The maximum Gasteiger partial charge on any atom is 0.416 e. The number of hydrogen-bond donors (Lipinski definition) is 1. The lowest BCUT2D eigenvalue weighted by Gasteiger charge is -2.35. The van der Waals surface area contributed by atoms with E-state index in [1.54, 1.807) is 40.7 Å². The minimum absolute atomic E-state index is 0.0656. The van der Waals surface area contributed by atoms with Crippen LogP contribution in [0.4, 0.5) is 13.2 Å². The minimum atomic E-state index is -4.43. The van der Waals surface area contributed by atoms with Crippen LogP contribution < -0.4 is 0 Å². The van der Waals surface area contributed by atoms with Crippen molar-refractivity contribution in [1.82, 2.24) is 24.8 Å². The Morgan fingerprint density at radius 1 is 1.31 bits per heavy atom. The number of nitrogens with zero attached hydrogens (tertiary/aromatic N) is 5. The number of aromatic nitrogens is 3. The van der Waals surface area contributed by atoms with Crippen molar-refractivity contribution in [2.75, 3.05) is 26.7 Å². The standard InChI is InChI=1S/C24H34F3N5O3/c1-17-11-32(18(2)15-33)23(34)9-6-10-31-13-20(28-29-31)16-35-22(17)14-30(3)12-19-7-4-5-8-21(19)24(25,26)27/h4-5,7-8,13,17-18,22,33H,6,9-12,14-16H2,1-3H3/t17-,18-,22-/m1/s1. The van der Waals surface area contributed by atoms with Gasteiger partial charge in [-0.05, 0) is 32.0 Å². The van der Waals surface area contributed by atoms with Gasteiger partial charge in [0.25, 0.3) is 0 Å². The molecule has 1 amide bonds. The number of amides is 1. The van der Waals surface area contributed by atoms with Crippen molar-refractivity contribution in [1.29, 1.82) is 0 Å². The van der Waals surface area contributed by atoms with Gasteiger partial charge in [-0.15, -0.1) is 5.10 Å². The Kier molecular flexibility index (Phi) is 9.26. The van der Waals surface area contributed by atoms with Gasteiger partial charge in [0.05, 0.1) is 37.1 Å². The molecule has 2 heterocycles. The largest absolute Gasteiger partial charge is 0.416 e. The quantitative estimate of drug-likeness (QED) is 0.661. The second-order valence-electron chi connectivity index (χ2n) is 9.33. The zero-order valence-electron chi connectivity index (χ0n) is 20.4. The summed E-state index contributed by atoms with van der Waals surface area (Å²) in [6.45, 7) is 5.12. The number of aliphatic hydroxyl groups is 1. The molecule has 35 heavy (non-hydrogen) atoms. The summed E-state index contributed by atoms with van der Waals surface area (Å²) in [6.07, 6.45) is -2.14. The first kappa shape index (κ1) is 27.1. The SMILES string of the molecule is C[C@@H]1CN([C@H](C)CO)C(=O)CCCn2cc(nn2)CO[C@@H]1CN(C)Cc1ccccc1C(F)(F)F. The summed E-state index contributed by atoms with van der Waals surface area (Å²) in [7, 11) is 1.75. The molecule has 194 valence electrons. The molecule has 1 aliphatic heterocycles. The lowest BCUT2D eigenvalue weighted by molar-refractivity contribution is -0.138. The molecule has 3 atom stereocenters. The Bertz CT molecular complexity index is 968. The van der Waals surface area contributed by atoms with Gasteiger partial charge in [-0.3, -0.25) is 14.4 Å². The van der Waals surface area contributed by atoms with Gasteiger partial charge in [0.2, 0.25) is 5.91 Å². The van der Waals surface area contributed by atoms with E-state index >= 15 is 0 Å². The second kappa shape index (κ2) is 12.0. The molecule has 0 saturated carbocycles. The molecule has 2 bridgehead atoms. The summed E-state index contributed by atoms with van der Waals surface area (Å²) in [6, 6.07) is 5.19. The third-order valence-electron chi connectivity index (χ3n) is 6.30. The average molecular weight is 498 g/mol. The lowest BCUT2D eigenvalue weighted by atomic mass is 10.0. The number of alkyl halides is 3. The Balaban J connectivity index is 1.80. The first-order valence-electron chi connectivity index (χ1n) is 11.8. The van der Waals surface area contributed by atoms with Gasteiger partial charge < -0.3 is 14.7 Å². The van der Waals surface area contributed by atoms with Gasteiger partial charge >= 0.3 is 6.18 Å². The smallest absolute Gasteiger partial charge is 0.394 e. The Morgan fingerprint density at radius 3 is 2.77 bits per heavy atom. The summed E-state index contributed by atoms with van der Waals surface area (Å²) in [5, 5.41) is 17.9. The maximum atomic E-state index is 13.5. The van der Waals surface area contributed by atoms with Crippen molar-refractivity contribution in [3.8, 4) is 0 Å². The van der Waals surface area contributed by atoms with Crippen LogP contribution in [0.1, 0.15) is 43.5 Å². The van der Waals surface area contributed by atoms with Crippen LogP contribution in [0, 0.1) is 5.92 Å². The molecule has 3 rings (SSSR count). The highest BCUT2D eigenvalue weighted by Crippen LogP contribution is 2.32. The van der Waals surface area contributed by atoms with Crippen LogP contribution in [0.3, 0.4) is 0 Å². The molecule has 1 N–H and O–H groups in total. The molecule has 1 aliphatic rings. The van der Waals surface area contributed by atoms with Crippen LogP contribution in [-0.4, -0.2) is 74.7 Å². The molecule has 0 unspecified atom stereocenters. The normalized spacial score (nSPS) is 21.4. The van der Waals surface area contributed by atoms with Gasteiger partial charge in [-0.2, -0.15) is 13.2 Å². The summed E-state index contributed by atoms with van der Waals surface area (Å²) >= 11 is 0. The Hall–Kier alpha value is -2.50. The molecule has 0 saturated heterocycles. The fourth-order valence-electron chi connectivity index (χ4n) is 4.29. The number of fused-ring (bicyclic) bond motifs is 2. The highest BCUT2D eigenvalue weighted by Gasteiger charge is 2.33. The highest BCUT2D eigenvalue weighted by molar-refractivity contribution is 5.76. The fourth-order valence-corrected chi connectivity index (χ4v) is 4.29. The number of ether oxygens (including phenoxy) is 1. The first-order chi connectivity index (χ1) is 16.6. The minimum Gasteiger partial charge on any atom is -0.394 e. The number of carbonyl (C=O) groups excluding carboxylic acids is 1. The summed E-state index contributed by atoms with van der Waals surface area (Å²) in [5.41, 5.74) is 0.188. The van der Waals surface area contributed by atoms with E-state index in [1.165, 1.54) is 12.1 Å². The van der Waals surface area contributed by atoms with E-state index in [1.807, 2.05) is 6.92 Å². The molecule has 11 heteroatoms. The van der Waals surface area contributed by atoms with Gasteiger partial charge in [0.1, 0.15) is 5.69 Å². The average Bonchev–Trinajstić information content (AvgIpc) is 3.26. The molecule has 0 spiro atoms. The molecule has 0 aliphatic carbocycles. The van der Waals surface area contributed by atoms with E-state index in [0.29, 0.717) is 38.2 Å². The number of aliphatic hydroxyl groups excluding tert-OH is 1. The first-order valence-corrected chi connectivity index (χ1v) is 11.8. The Labute approximate surface area is 203 Å². The van der Waals surface area contributed by atoms with E-state index < -0.39 is 17.8 Å². The van der Waals surface area contributed by atoms with Crippen LogP contribution in [-0.2, 0) is 35.4 Å². The Morgan fingerprint density at radius 2 is 2.06 bits per heavy atom. The van der Waals surface area contributed by atoms with E-state index in [2.05, 4.69) is 10.3 Å². The highest BCUT2D eigenvalue weighted by atomic mass is 19.4. The van der Waals surface area contributed by atoms with Gasteiger partial charge in [0, 0.05) is 38.5 Å². The molecule has 0 fully saturated rings. The van der Waals surface area contributed by atoms with E-state index in [4.69, 9.17) is 4.74 Å². The molecule has 8 nitrogen and oxygen atoms in total. The zero-order chi connectivity index (χ0) is 25.6.